The van der Waals surface area contributed by atoms with Crippen molar-refractivity contribution in [1.29, 1.82) is 0 Å². The number of nitrogens with zero attached hydrogens (tertiary/aromatic N) is 1. The van der Waals surface area contributed by atoms with Gasteiger partial charge in [-0.1, -0.05) is 6.58 Å². The number of carbonyl (C=O) groups is 1. The predicted octanol–water partition coefficient (Wildman–Crippen LogP) is 2.05. The van der Waals surface area contributed by atoms with Crippen LogP contribution in [-0.4, -0.2) is 17.1 Å². The van der Waals surface area contributed by atoms with Gasteiger partial charge in [0, 0.05) is 5.38 Å². The maximum Gasteiger partial charge on any atom is 0.394 e. The number of hydrogen-bond acceptors (Lipinski definition) is 3. The minimum Gasteiger partial charge on any atom is -0.346 e. The van der Waals surface area contributed by atoms with E-state index in [1.54, 1.807) is 0 Å². The number of nitrogens with one attached hydrogen (secondary N) is 1. The molecule has 1 aromatic heterocycles. The molecule has 0 fully saturated rings. The van der Waals surface area contributed by atoms with Gasteiger partial charge < -0.3 is 5.32 Å². The number of rotatable bonds is 4. The van der Waals surface area contributed by atoms with Gasteiger partial charge in [-0.15, -0.1) is 11.3 Å². The molecule has 0 aliphatic carbocycles. The normalized spacial score (nSPS) is 11.2. The molecule has 0 unspecified atom stereocenters. The Labute approximate surface area is 94.0 Å². The molecule has 0 bridgehead atoms. The molecular formula is C9H9F3N2OS. The van der Waals surface area contributed by atoms with Crippen molar-refractivity contribution in [3.8, 4) is 0 Å². The molecule has 1 heterocycles. The second kappa shape index (κ2) is 5.11. The van der Waals surface area contributed by atoms with E-state index in [1.807, 2.05) is 0 Å². The first-order chi connectivity index (χ1) is 7.40. The summed E-state index contributed by atoms with van der Waals surface area (Å²) in [6.07, 6.45) is -4.21. The molecule has 16 heavy (non-hydrogen) atoms. The first kappa shape index (κ1) is 12.7. The summed E-state index contributed by atoms with van der Waals surface area (Å²) < 4.78 is 36.0. The van der Waals surface area contributed by atoms with Gasteiger partial charge in [-0.3, -0.25) is 4.79 Å². The lowest BCUT2D eigenvalue weighted by Crippen LogP contribution is -2.20. The Balaban J connectivity index is 2.52. The standard InChI is InChI=1S/C9H9F3N2OS/c1-2-7(15)13-4-8-14-6(5-16-8)3-9(10,11)12/h2,5H,1,3-4H2,(H,13,15). The lowest BCUT2D eigenvalue weighted by molar-refractivity contribution is -0.127. The number of hydrogen-bond donors (Lipinski definition) is 1. The molecular weight excluding hydrogens is 241 g/mol. The lowest BCUT2D eigenvalue weighted by atomic mass is 10.3. The molecule has 3 nitrogen and oxygen atoms in total. The maximum atomic E-state index is 12.0. The van der Waals surface area contributed by atoms with Gasteiger partial charge >= 0.3 is 6.18 Å². The molecule has 0 saturated carbocycles. The minimum atomic E-state index is -4.25. The van der Waals surface area contributed by atoms with Crippen LogP contribution >= 0.6 is 11.3 Å². The molecule has 0 aliphatic rings. The van der Waals surface area contributed by atoms with E-state index < -0.39 is 12.6 Å². The van der Waals surface area contributed by atoms with Crippen LogP contribution in [0.1, 0.15) is 10.7 Å². The molecule has 88 valence electrons. The molecule has 0 radical (unpaired) electrons. The Morgan fingerprint density at radius 3 is 2.88 bits per heavy atom. The second-order valence-corrected chi connectivity index (χ2v) is 3.89. The van der Waals surface area contributed by atoms with Gasteiger partial charge in [-0.05, 0) is 6.08 Å². The number of amides is 1. The SMILES string of the molecule is C=CC(=O)NCc1nc(CC(F)(F)F)cs1. The van der Waals surface area contributed by atoms with Gasteiger partial charge in [-0.25, -0.2) is 4.98 Å². The average Bonchev–Trinajstić information content (AvgIpc) is 2.59. The molecule has 0 spiro atoms. The third kappa shape index (κ3) is 4.43. The van der Waals surface area contributed by atoms with Gasteiger partial charge in [0.2, 0.25) is 5.91 Å². The number of halogens is 3. The first-order valence-electron chi connectivity index (χ1n) is 4.31. The van der Waals surface area contributed by atoms with E-state index in [-0.39, 0.29) is 18.1 Å². The monoisotopic (exact) mass is 250 g/mol. The summed E-state index contributed by atoms with van der Waals surface area (Å²) in [6, 6.07) is 0. The summed E-state index contributed by atoms with van der Waals surface area (Å²) in [5, 5.41) is 4.21. The van der Waals surface area contributed by atoms with Gasteiger partial charge in [-0.2, -0.15) is 13.2 Å². The van der Waals surface area contributed by atoms with Crippen LogP contribution in [0.25, 0.3) is 0 Å². The van der Waals surface area contributed by atoms with Crippen molar-refractivity contribution < 1.29 is 18.0 Å². The van der Waals surface area contributed by atoms with Crippen LogP contribution in [0, 0.1) is 0 Å². The highest BCUT2D eigenvalue weighted by molar-refractivity contribution is 7.09. The molecule has 0 atom stereocenters. The van der Waals surface area contributed by atoms with Crippen LogP contribution in [0.15, 0.2) is 18.0 Å². The fraction of sp³-hybridized carbons (Fsp3) is 0.333. The van der Waals surface area contributed by atoms with Crippen molar-refractivity contribution in [3.63, 3.8) is 0 Å². The second-order valence-electron chi connectivity index (χ2n) is 2.95. The lowest BCUT2D eigenvalue weighted by Gasteiger charge is -2.02. The smallest absolute Gasteiger partial charge is 0.346 e. The average molecular weight is 250 g/mol. The molecule has 1 N–H and O–H groups in total. The summed E-state index contributed by atoms with van der Waals surface area (Å²) in [7, 11) is 0. The zero-order chi connectivity index (χ0) is 12.2. The molecule has 0 aromatic carbocycles. The molecule has 1 amide bonds. The minimum absolute atomic E-state index is 0.0275. The molecule has 1 rings (SSSR count). The van der Waals surface area contributed by atoms with E-state index in [4.69, 9.17) is 0 Å². The zero-order valence-electron chi connectivity index (χ0n) is 8.17. The van der Waals surface area contributed by atoms with Crippen LogP contribution in [0.4, 0.5) is 13.2 Å². The first-order valence-corrected chi connectivity index (χ1v) is 5.19. The maximum absolute atomic E-state index is 12.0. The van der Waals surface area contributed by atoms with Crippen molar-refractivity contribution in [2.24, 2.45) is 0 Å². The van der Waals surface area contributed by atoms with E-state index in [2.05, 4.69) is 16.9 Å². The fourth-order valence-electron chi connectivity index (χ4n) is 0.952. The Kier molecular flexibility index (Phi) is 4.05. The van der Waals surface area contributed by atoms with E-state index in [0.29, 0.717) is 5.01 Å². The molecule has 7 heteroatoms. The summed E-state index contributed by atoms with van der Waals surface area (Å²) >= 11 is 1.08. The highest BCUT2D eigenvalue weighted by atomic mass is 32.1. The fourth-order valence-corrected chi connectivity index (χ4v) is 1.69. The number of thiazole rings is 1. The van der Waals surface area contributed by atoms with Crippen molar-refractivity contribution in [2.45, 2.75) is 19.1 Å². The molecule has 0 saturated heterocycles. The van der Waals surface area contributed by atoms with Gasteiger partial charge in [0.05, 0.1) is 18.7 Å². The van der Waals surface area contributed by atoms with E-state index in [0.717, 1.165) is 17.4 Å². The van der Waals surface area contributed by atoms with Crippen molar-refractivity contribution >= 4 is 17.2 Å². The van der Waals surface area contributed by atoms with Gasteiger partial charge in [0.15, 0.2) is 0 Å². The van der Waals surface area contributed by atoms with E-state index in [9.17, 15) is 18.0 Å². The van der Waals surface area contributed by atoms with Crippen LogP contribution in [0.2, 0.25) is 0 Å². The zero-order valence-corrected chi connectivity index (χ0v) is 8.99. The molecule has 0 aliphatic heterocycles. The highest BCUT2D eigenvalue weighted by Gasteiger charge is 2.28. The van der Waals surface area contributed by atoms with Crippen LogP contribution < -0.4 is 5.32 Å². The summed E-state index contributed by atoms with van der Waals surface area (Å²) in [5.41, 5.74) is -0.0275. The number of aromatic nitrogens is 1. The van der Waals surface area contributed by atoms with Gasteiger partial charge in [0.1, 0.15) is 5.01 Å². The predicted molar refractivity (Wildman–Crippen MR) is 53.9 cm³/mol. The third-order valence-corrected chi connectivity index (χ3v) is 2.48. The Morgan fingerprint density at radius 2 is 2.31 bits per heavy atom. The van der Waals surface area contributed by atoms with E-state index >= 15 is 0 Å². The summed E-state index contributed by atoms with van der Waals surface area (Å²) in [5.74, 6) is -0.382. The van der Waals surface area contributed by atoms with Gasteiger partial charge in [0.25, 0.3) is 0 Å². The van der Waals surface area contributed by atoms with Crippen LogP contribution in [-0.2, 0) is 17.8 Å². The summed E-state index contributed by atoms with van der Waals surface area (Å²) in [6.45, 7) is 3.37. The Morgan fingerprint density at radius 1 is 1.62 bits per heavy atom. The topological polar surface area (TPSA) is 42.0 Å². The van der Waals surface area contributed by atoms with Crippen LogP contribution in [0.5, 0.6) is 0 Å². The van der Waals surface area contributed by atoms with Crippen molar-refractivity contribution in [2.75, 3.05) is 0 Å². The van der Waals surface area contributed by atoms with Crippen molar-refractivity contribution in [3.05, 3.63) is 28.7 Å². The van der Waals surface area contributed by atoms with Crippen LogP contribution in [0.3, 0.4) is 0 Å². The quantitative estimate of drug-likeness (QED) is 0.831. The number of alkyl halides is 3. The van der Waals surface area contributed by atoms with E-state index in [1.165, 1.54) is 5.38 Å². The molecule has 1 aromatic rings. The third-order valence-electron chi connectivity index (χ3n) is 1.58. The summed E-state index contributed by atoms with van der Waals surface area (Å²) in [4.78, 5) is 14.5. The van der Waals surface area contributed by atoms with Crippen molar-refractivity contribution in [1.82, 2.24) is 10.3 Å². The Bertz CT molecular complexity index is 386. The Hall–Kier alpha value is -1.37. The largest absolute Gasteiger partial charge is 0.394 e. The number of carbonyl (C=O) groups excluding carboxylic acids is 1. The highest BCUT2D eigenvalue weighted by Crippen LogP contribution is 2.22.